The molecule has 5 nitrogen and oxygen atoms in total. The van der Waals surface area contributed by atoms with Gasteiger partial charge in [0.05, 0.1) is 16.8 Å². The van der Waals surface area contributed by atoms with Crippen LogP contribution < -0.4 is 5.32 Å². The van der Waals surface area contributed by atoms with Gasteiger partial charge in [0, 0.05) is 35.7 Å². The average molecular weight is 785 g/mol. The van der Waals surface area contributed by atoms with Crippen LogP contribution in [0.25, 0.3) is 23.1 Å². The fourth-order valence-corrected chi connectivity index (χ4v) is 7.92. The van der Waals surface area contributed by atoms with Crippen LogP contribution >= 0.6 is 23.4 Å². The van der Waals surface area contributed by atoms with Gasteiger partial charge in [0.15, 0.2) is 0 Å². The summed E-state index contributed by atoms with van der Waals surface area (Å²) in [5, 5.41) is 23.7. The maximum Gasteiger partial charge on any atom is 0.300 e. The van der Waals surface area contributed by atoms with Crippen LogP contribution in [0.15, 0.2) is 140 Å². The molecule has 5 aromatic carbocycles. The Morgan fingerprint density at radius 1 is 0.839 bits per heavy atom. The summed E-state index contributed by atoms with van der Waals surface area (Å²) in [7, 11) is 0. The SMILES string of the molecule is CC(=O)O.CC(C)(O)c1ccccc1CC[C@@H](SCC1CC1)c1cccc(/C=C/c2ccc3ccc(Cl)cc3n2)c1.c1ccc(CNCc2ccccc2)cc1. The first kappa shape index (κ1) is 42.4. The molecule has 0 spiro atoms. The Morgan fingerprint density at radius 2 is 1.46 bits per heavy atom. The molecule has 7 rings (SSSR count). The van der Waals surface area contributed by atoms with Gasteiger partial charge in [-0.25, -0.2) is 4.98 Å². The van der Waals surface area contributed by atoms with Crippen LogP contribution in [0.3, 0.4) is 0 Å². The Morgan fingerprint density at radius 3 is 2.11 bits per heavy atom. The minimum Gasteiger partial charge on any atom is -0.481 e. The fourth-order valence-electron chi connectivity index (χ4n) is 6.29. The smallest absolute Gasteiger partial charge is 0.300 e. The number of thioether (sulfide) groups is 1. The van der Waals surface area contributed by atoms with Crippen molar-refractivity contribution in [3.63, 3.8) is 0 Å². The van der Waals surface area contributed by atoms with Crippen LogP contribution in [0.1, 0.15) is 84.4 Å². The van der Waals surface area contributed by atoms with Crippen LogP contribution in [0.5, 0.6) is 0 Å². The number of carboxylic acid groups (broad SMARTS) is 1. The van der Waals surface area contributed by atoms with Crippen LogP contribution in [0.4, 0.5) is 0 Å². The van der Waals surface area contributed by atoms with Crippen molar-refractivity contribution < 1.29 is 15.0 Å². The van der Waals surface area contributed by atoms with Gasteiger partial charge in [0.1, 0.15) is 0 Å². The standard InChI is InChI=1S/C33H34ClNOS.C14H15N.C2H4O2/c1-33(2,36)30-9-4-3-7-25(30)15-19-32(37-22-24-10-11-24)27-8-5-6-23(20-27)12-17-29-18-14-26-13-16-28(34)21-31(26)35-29;1-3-7-13(8-4-1)11-15-12-14-9-5-2-6-10-14;1-2(3)4/h3-9,12-14,16-18,20-21,24,32,36H,10-11,15,19,22H2,1-2H3;1-10,15H,11-12H2;1H3,(H,3,4)/b17-12+;;/t32-;;/m1../s1. The van der Waals surface area contributed by atoms with Crippen LogP contribution in [0.2, 0.25) is 5.02 Å². The number of hydrogen-bond donors (Lipinski definition) is 3. The molecular weight excluding hydrogens is 732 g/mol. The van der Waals surface area contributed by atoms with Gasteiger partial charge in [-0.15, -0.1) is 0 Å². The molecule has 56 heavy (non-hydrogen) atoms. The number of aliphatic hydroxyl groups is 1. The Kier molecular flexibility index (Phi) is 16.3. The molecule has 0 amide bonds. The summed E-state index contributed by atoms with van der Waals surface area (Å²) in [4.78, 5) is 13.8. The molecule has 1 aliphatic carbocycles. The van der Waals surface area contributed by atoms with Gasteiger partial charge in [0.25, 0.3) is 5.97 Å². The van der Waals surface area contributed by atoms with E-state index in [1.54, 1.807) is 0 Å². The van der Waals surface area contributed by atoms with Crippen molar-refractivity contribution in [2.75, 3.05) is 5.75 Å². The number of nitrogens with zero attached hydrogens (tertiary/aromatic N) is 1. The monoisotopic (exact) mass is 784 g/mol. The zero-order valence-corrected chi connectivity index (χ0v) is 34.1. The summed E-state index contributed by atoms with van der Waals surface area (Å²) in [5.41, 5.74) is 8.47. The highest BCUT2D eigenvalue weighted by atomic mass is 35.5. The molecule has 1 atom stereocenters. The lowest BCUT2D eigenvalue weighted by atomic mass is 9.90. The van der Waals surface area contributed by atoms with Gasteiger partial charge in [-0.1, -0.05) is 139 Å². The Balaban J connectivity index is 0.000000261. The predicted octanol–water partition coefficient (Wildman–Crippen LogP) is 12.2. The molecule has 1 aliphatic rings. The van der Waals surface area contributed by atoms with Gasteiger partial charge in [0.2, 0.25) is 0 Å². The third kappa shape index (κ3) is 14.7. The van der Waals surface area contributed by atoms with Crippen molar-refractivity contribution in [1.82, 2.24) is 10.3 Å². The molecule has 1 aromatic heterocycles. The number of nitrogens with one attached hydrogen (secondary N) is 1. The molecule has 0 radical (unpaired) electrons. The molecule has 6 aromatic rings. The Bertz CT molecular complexity index is 2100. The number of rotatable bonds is 14. The highest BCUT2D eigenvalue weighted by Crippen LogP contribution is 2.41. The van der Waals surface area contributed by atoms with E-state index in [1.807, 2.05) is 56.3 Å². The molecule has 290 valence electrons. The summed E-state index contributed by atoms with van der Waals surface area (Å²) in [6, 6.07) is 48.1. The molecule has 1 fully saturated rings. The number of fused-ring (bicyclic) bond motifs is 1. The highest BCUT2D eigenvalue weighted by Gasteiger charge is 2.25. The molecule has 0 aliphatic heterocycles. The summed E-state index contributed by atoms with van der Waals surface area (Å²) < 4.78 is 0. The van der Waals surface area contributed by atoms with Crippen molar-refractivity contribution >= 4 is 52.4 Å². The van der Waals surface area contributed by atoms with E-state index in [-0.39, 0.29) is 0 Å². The first-order valence-electron chi connectivity index (χ1n) is 19.3. The molecule has 1 heterocycles. The number of benzene rings is 5. The number of aromatic nitrogens is 1. The zero-order chi connectivity index (χ0) is 39.8. The van der Waals surface area contributed by atoms with Gasteiger partial charge >= 0.3 is 0 Å². The second-order valence-electron chi connectivity index (χ2n) is 14.7. The third-order valence-electron chi connectivity index (χ3n) is 9.33. The second-order valence-corrected chi connectivity index (χ2v) is 16.4. The van der Waals surface area contributed by atoms with E-state index in [4.69, 9.17) is 26.5 Å². The van der Waals surface area contributed by atoms with Gasteiger partial charge < -0.3 is 15.5 Å². The van der Waals surface area contributed by atoms with E-state index in [2.05, 4.69) is 126 Å². The van der Waals surface area contributed by atoms with E-state index in [9.17, 15) is 5.11 Å². The molecule has 7 heteroatoms. The minimum atomic E-state index is -0.833. The molecule has 0 saturated heterocycles. The van der Waals surface area contributed by atoms with Gasteiger partial charge in [-0.3, -0.25) is 4.79 Å². The number of hydrogen-bond acceptors (Lipinski definition) is 5. The van der Waals surface area contributed by atoms with E-state index < -0.39 is 11.6 Å². The summed E-state index contributed by atoms with van der Waals surface area (Å²) >= 11 is 8.26. The number of carbonyl (C=O) groups is 1. The van der Waals surface area contributed by atoms with Crippen molar-refractivity contribution in [1.29, 1.82) is 0 Å². The average Bonchev–Trinajstić information content (AvgIpc) is 4.02. The second kappa shape index (κ2) is 21.5. The van der Waals surface area contributed by atoms with E-state index in [1.165, 1.54) is 46.4 Å². The Hall–Kier alpha value is -4.72. The topological polar surface area (TPSA) is 82.5 Å². The number of halogens is 1. The lowest BCUT2D eigenvalue weighted by molar-refractivity contribution is -0.134. The van der Waals surface area contributed by atoms with Crippen molar-refractivity contribution in [2.24, 2.45) is 5.92 Å². The Labute approximate surface area is 341 Å². The third-order valence-corrected chi connectivity index (χ3v) is 11.1. The van der Waals surface area contributed by atoms with E-state index in [0.717, 1.165) is 60.9 Å². The van der Waals surface area contributed by atoms with E-state index in [0.29, 0.717) is 10.3 Å². The number of aliphatic carboxylic acids is 1. The van der Waals surface area contributed by atoms with Gasteiger partial charge in [-0.2, -0.15) is 11.8 Å². The lowest BCUT2D eigenvalue weighted by Crippen LogP contribution is -2.18. The number of aryl methyl sites for hydroxylation is 1. The molecule has 1 saturated carbocycles. The highest BCUT2D eigenvalue weighted by molar-refractivity contribution is 7.99. The normalized spacial score (nSPS) is 13.0. The zero-order valence-electron chi connectivity index (χ0n) is 32.6. The fraction of sp³-hybridized carbons (Fsp3) is 0.265. The van der Waals surface area contributed by atoms with Crippen molar-refractivity contribution in [3.8, 4) is 0 Å². The van der Waals surface area contributed by atoms with E-state index >= 15 is 0 Å². The maximum absolute atomic E-state index is 10.7. The minimum absolute atomic E-state index is 0.421. The number of carboxylic acids is 1. The van der Waals surface area contributed by atoms with Crippen LogP contribution in [0, 0.1) is 5.92 Å². The van der Waals surface area contributed by atoms with Crippen LogP contribution in [-0.2, 0) is 29.9 Å². The largest absolute Gasteiger partial charge is 0.481 e. The quantitative estimate of drug-likeness (QED) is 0.102. The van der Waals surface area contributed by atoms with Crippen LogP contribution in [-0.4, -0.2) is 26.9 Å². The van der Waals surface area contributed by atoms with Crippen molar-refractivity contribution in [2.45, 2.75) is 70.4 Å². The van der Waals surface area contributed by atoms with Crippen molar-refractivity contribution in [3.05, 3.63) is 184 Å². The molecular formula is C49H53ClN2O3S. The first-order valence-corrected chi connectivity index (χ1v) is 20.7. The molecule has 0 unspecified atom stereocenters. The lowest BCUT2D eigenvalue weighted by Gasteiger charge is -2.23. The number of pyridine rings is 1. The first-order chi connectivity index (χ1) is 27.0. The predicted molar refractivity (Wildman–Crippen MR) is 237 cm³/mol. The summed E-state index contributed by atoms with van der Waals surface area (Å²) in [6.45, 7) is 6.69. The van der Waals surface area contributed by atoms with Gasteiger partial charge in [-0.05, 0) is 109 Å². The summed E-state index contributed by atoms with van der Waals surface area (Å²) in [5.74, 6) is 1.27. The summed E-state index contributed by atoms with van der Waals surface area (Å²) in [6.07, 6.45) is 8.96. The molecule has 3 N–H and O–H groups in total. The maximum atomic E-state index is 10.7. The molecule has 0 bridgehead atoms.